The van der Waals surface area contributed by atoms with Crippen molar-refractivity contribution in [2.24, 2.45) is 0 Å². The Bertz CT molecular complexity index is 4000. The van der Waals surface area contributed by atoms with Crippen molar-refractivity contribution in [1.82, 2.24) is 0 Å². The van der Waals surface area contributed by atoms with Crippen molar-refractivity contribution >= 4 is 55.7 Å². The molecule has 0 aliphatic rings. The van der Waals surface area contributed by atoms with Crippen molar-refractivity contribution in [3.05, 3.63) is 386 Å². The van der Waals surface area contributed by atoms with E-state index in [0.29, 0.717) is 0 Å². The summed E-state index contributed by atoms with van der Waals surface area (Å²) in [5, 5.41) is 2.43. The largest absolute Gasteiger partial charge is 0.310 e. The van der Waals surface area contributed by atoms with E-state index in [2.05, 4.69) is 320 Å². The van der Waals surface area contributed by atoms with Crippen molar-refractivity contribution in [2.45, 2.75) is 48.5 Å². The molecule has 0 bridgehead atoms. The van der Waals surface area contributed by atoms with Gasteiger partial charge in [0.25, 0.3) is 0 Å². The first-order valence-corrected chi connectivity index (χ1v) is 29.6. The van der Waals surface area contributed by atoms with Crippen molar-refractivity contribution in [2.75, 3.05) is 4.90 Å². The molecule has 0 atom stereocenters. The lowest BCUT2D eigenvalue weighted by Gasteiger charge is -2.27. The molecule has 10 rings (SSSR count). The predicted molar refractivity (Wildman–Crippen MR) is 382 cm³/mol. The van der Waals surface area contributed by atoms with Gasteiger partial charge in [-0.05, 0) is 154 Å². The first-order valence-electron chi connectivity index (χ1n) is 29.6. The van der Waals surface area contributed by atoms with Crippen LogP contribution in [-0.4, -0.2) is 0 Å². The predicted octanol–water partition coefficient (Wildman–Crippen LogP) is 24.6. The number of anilines is 3. The van der Waals surface area contributed by atoms with Gasteiger partial charge in [0.15, 0.2) is 0 Å². The summed E-state index contributed by atoms with van der Waals surface area (Å²) in [7, 11) is 0. The van der Waals surface area contributed by atoms with E-state index in [0.717, 1.165) is 50.5 Å². The number of allylic oxidation sites excluding steroid dienone is 16. The minimum Gasteiger partial charge on any atom is -0.310 e. The fraction of sp³-hybridized carbons (Fsp3) is 0.0824. The maximum absolute atomic E-state index is 4.12. The Kier molecular flexibility index (Phi) is 24.3. The number of rotatable bonds is 17. The molecule has 0 unspecified atom stereocenters. The van der Waals surface area contributed by atoms with Gasteiger partial charge in [0.05, 0.1) is 5.69 Å². The van der Waals surface area contributed by atoms with Crippen molar-refractivity contribution < 1.29 is 0 Å². The standard InChI is InChI=1S/C41H33N.C21H22.C21H20.C2H6/c1-3-12-31(13-4-2)33-22-26-38(27-23-33)42(41-21-11-17-35-16-8-9-20-40(35)41)39-28-24-34(25-29-39)37-19-10-18-36(30-37)32-14-6-5-7-15-32;1-5-19(21-8-6-7-17(3)15-21)14-11-18(4)20-12-9-16(2)10-13-20;1-4-8-20(21-14-11-17(2)12-15-21)16-13-18(3)19-9-6-5-7-10-19;1-2/h3-30H,1H2,2H3;5-15H,1H2,2-4H3;4-16H,1,3H2,2H3;1-2H3/b13-4-,31-12+;18-11+,19-14+;16-13-,20-8+;. The molecule has 0 saturated carbocycles. The highest BCUT2D eigenvalue weighted by atomic mass is 15.1. The average molecular weight is 1120 g/mol. The monoisotopic (exact) mass is 1120 g/mol. The third-order valence-corrected chi connectivity index (χ3v) is 14.4. The van der Waals surface area contributed by atoms with Crippen molar-refractivity contribution in [3.8, 4) is 22.3 Å². The molecule has 10 aromatic carbocycles. The number of aryl methyl sites for hydroxylation is 3. The molecule has 0 amide bonds. The van der Waals surface area contributed by atoms with Gasteiger partial charge in [-0.25, -0.2) is 0 Å². The highest BCUT2D eigenvalue weighted by molar-refractivity contribution is 5.99. The molecule has 0 radical (unpaired) electrons. The smallest absolute Gasteiger partial charge is 0.0540 e. The summed E-state index contributed by atoms with van der Waals surface area (Å²) in [5.41, 5.74) is 23.6. The minimum absolute atomic E-state index is 0.998. The first-order chi connectivity index (χ1) is 42.0. The zero-order valence-corrected chi connectivity index (χ0v) is 51.3. The van der Waals surface area contributed by atoms with Gasteiger partial charge < -0.3 is 4.90 Å². The zero-order valence-electron chi connectivity index (χ0n) is 51.3. The van der Waals surface area contributed by atoms with Gasteiger partial charge in [-0.15, -0.1) is 0 Å². The molecule has 0 aromatic heterocycles. The van der Waals surface area contributed by atoms with Crippen LogP contribution in [0.15, 0.2) is 342 Å². The Balaban J connectivity index is 0.000000202. The molecule has 0 heterocycles. The second-order valence-corrected chi connectivity index (χ2v) is 20.6. The minimum atomic E-state index is 0.998. The molecule has 0 aliphatic heterocycles. The van der Waals surface area contributed by atoms with Crippen molar-refractivity contribution in [3.63, 3.8) is 0 Å². The zero-order chi connectivity index (χ0) is 61.0. The summed E-state index contributed by atoms with van der Waals surface area (Å²) >= 11 is 0. The van der Waals surface area contributed by atoms with Gasteiger partial charge in [0.2, 0.25) is 0 Å². The first kappa shape index (κ1) is 63.2. The van der Waals surface area contributed by atoms with E-state index in [-0.39, 0.29) is 0 Å². The lowest BCUT2D eigenvalue weighted by atomic mass is 9.98. The molecule has 0 N–H and O–H groups in total. The van der Waals surface area contributed by atoms with Crippen LogP contribution in [0.5, 0.6) is 0 Å². The molecule has 1 heteroatoms. The fourth-order valence-corrected chi connectivity index (χ4v) is 9.79. The topological polar surface area (TPSA) is 3.24 Å². The SMILES string of the molecule is C=C/C(=C\C=C(/C)c1ccc(C)cc1)c1cccc(C)c1.C=C/C=C(\C=C/C(=C)c1ccccc1)c1ccc(C)cc1.C=C/C=C(\C=C/C)c1ccc(N(c2ccc(-c3cccc(-c4ccccc4)c3)cc2)c2cccc3ccccc23)cc1.CC. The molecule has 0 saturated heterocycles. The summed E-state index contributed by atoms with van der Waals surface area (Å²) in [6.07, 6.45) is 22.2. The molecule has 0 spiro atoms. The molecule has 1 nitrogen and oxygen atoms in total. The molecular formula is C85H81N. The summed E-state index contributed by atoms with van der Waals surface area (Å²) in [5.74, 6) is 0. The number of benzene rings is 10. The van der Waals surface area contributed by atoms with E-state index in [1.54, 1.807) is 0 Å². The van der Waals surface area contributed by atoms with E-state index in [1.165, 1.54) is 72.0 Å². The number of nitrogens with zero attached hydrogens (tertiary/aromatic N) is 1. The van der Waals surface area contributed by atoms with Crippen LogP contribution < -0.4 is 4.90 Å². The van der Waals surface area contributed by atoms with Gasteiger partial charge in [-0.1, -0.05) is 336 Å². The van der Waals surface area contributed by atoms with E-state index >= 15 is 0 Å². The lowest BCUT2D eigenvalue weighted by Crippen LogP contribution is -2.10. The summed E-state index contributed by atoms with van der Waals surface area (Å²) in [6, 6.07) is 87.9. The second-order valence-electron chi connectivity index (χ2n) is 20.6. The van der Waals surface area contributed by atoms with Gasteiger partial charge >= 0.3 is 0 Å². The summed E-state index contributed by atoms with van der Waals surface area (Å²) in [4.78, 5) is 2.35. The van der Waals surface area contributed by atoms with Gasteiger partial charge in [0.1, 0.15) is 0 Å². The number of fused-ring (bicyclic) bond motifs is 1. The molecule has 0 fully saturated rings. The normalized spacial score (nSPS) is 11.6. The van der Waals surface area contributed by atoms with Crippen LogP contribution in [0.25, 0.3) is 60.9 Å². The van der Waals surface area contributed by atoms with Crippen LogP contribution in [0.1, 0.15) is 72.2 Å². The van der Waals surface area contributed by atoms with Gasteiger partial charge in [-0.3, -0.25) is 0 Å². The average Bonchev–Trinajstić information content (AvgIpc) is 3.06. The third kappa shape index (κ3) is 17.8. The highest BCUT2D eigenvalue weighted by Crippen LogP contribution is 2.40. The van der Waals surface area contributed by atoms with Gasteiger partial charge in [-0.2, -0.15) is 0 Å². The van der Waals surface area contributed by atoms with Crippen molar-refractivity contribution in [1.29, 1.82) is 0 Å². The Morgan fingerprint density at radius 1 is 0.372 bits per heavy atom. The lowest BCUT2D eigenvalue weighted by molar-refractivity contribution is 1.29. The third-order valence-electron chi connectivity index (χ3n) is 14.4. The maximum atomic E-state index is 4.12. The van der Waals surface area contributed by atoms with Crippen LogP contribution in [0, 0.1) is 20.8 Å². The number of hydrogen-bond donors (Lipinski definition) is 0. The van der Waals surface area contributed by atoms with E-state index in [9.17, 15) is 0 Å². The van der Waals surface area contributed by atoms with Crippen LogP contribution in [0.2, 0.25) is 0 Å². The molecule has 10 aromatic rings. The van der Waals surface area contributed by atoms with E-state index in [4.69, 9.17) is 0 Å². The molecule has 0 aliphatic carbocycles. The van der Waals surface area contributed by atoms with Crippen LogP contribution in [0.3, 0.4) is 0 Å². The fourth-order valence-electron chi connectivity index (χ4n) is 9.79. The van der Waals surface area contributed by atoms with Crippen LogP contribution >= 0.6 is 0 Å². The van der Waals surface area contributed by atoms with Gasteiger partial charge in [0, 0.05) is 16.8 Å². The summed E-state index contributed by atoms with van der Waals surface area (Å²) < 4.78 is 0. The highest BCUT2D eigenvalue weighted by Gasteiger charge is 2.16. The van der Waals surface area contributed by atoms with Crippen LogP contribution in [0.4, 0.5) is 17.1 Å². The molecule has 426 valence electrons. The Morgan fingerprint density at radius 3 is 1.43 bits per heavy atom. The Labute approximate surface area is 514 Å². The second kappa shape index (κ2) is 33.1. The van der Waals surface area contributed by atoms with E-state index < -0.39 is 0 Å². The Morgan fingerprint density at radius 2 is 0.849 bits per heavy atom. The van der Waals surface area contributed by atoms with E-state index in [1.807, 2.05) is 75.4 Å². The quantitative estimate of drug-likeness (QED) is 0.0822. The molecule has 86 heavy (non-hydrogen) atoms. The number of hydrogen-bond acceptors (Lipinski definition) is 1. The molecular weight excluding hydrogens is 1030 g/mol. The maximum Gasteiger partial charge on any atom is 0.0540 e. The van der Waals surface area contributed by atoms with Crippen LogP contribution in [-0.2, 0) is 0 Å². The Hall–Kier alpha value is -10.3. The summed E-state index contributed by atoms with van der Waals surface area (Å²) in [6.45, 7) is 30.2.